The summed E-state index contributed by atoms with van der Waals surface area (Å²) in [6.07, 6.45) is 1.81. The third-order valence-electron chi connectivity index (χ3n) is 3.13. The van der Waals surface area contributed by atoms with Crippen molar-refractivity contribution in [3.8, 4) is 11.5 Å². The lowest BCUT2D eigenvalue weighted by Crippen LogP contribution is -2.22. The first-order valence-corrected chi connectivity index (χ1v) is 6.66. The van der Waals surface area contributed by atoms with Crippen LogP contribution in [-0.2, 0) is 0 Å². The first-order chi connectivity index (χ1) is 9.80. The molecule has 0 aliphatic rings. The van der Waals surface area contributed by atoms with Gasteiger partial charge in [0.15, 0.2) is 11.5 Å². The van der Waals surface area contributed by atoms with Gasteiger partial charge in [-0.2, -0.15) is 0 Å². The molecule has 1 N–H and O–H groups in total. The fourth-order valence-electron chi connectivity index (χ4n) is 2.18. The van der Waals surface area contributed by atoms with Gasteiger partial charge in [-0.15, -0.1) is 0 Å². The summed E-state index contributed by atoms with van der Waals surface area (Å²) >= 11 is 0. The predicted octanol–water partition coefficient (Wildman–Crippen LogP) is 2.80. The molecule has 2 aromatic rings. The Labute approximate surface area is 119 Å². The molecule has 20 heavy (non-hydrogen) atoms. The van der Waals surface area contributed by atoms with E-state index in [2.05, 4.69) is 17.2 Å². The number of aromatic nitrogens is 1. The number of pyridine rings is 1. The van der Waals surface area contributed by atoms with E-state index < -0.39 is 0 Å². The summed E-state index contributed by atoms with van der Waals surface area (Å²) < 4.78 is 10.6. The summed E-state index contributed by atoms with van der Waals surface area (Å²) in [6, 6.07) is 11.9. The topological polar surface area (TPSA) is 43.4 Å². The second kappa shape index (κ2) is 6.91. The van der Waals surface area contributed by atoms with Crippen LogP contribution in [0, 0.1) is 0 Å². The standard InChI is InChI=1S/C16H20N2O2/c1-4-17-16(13-7-5-6-10-18-13)12-8-9-14(19-2)15(11-12)20-3/h5-11,16-17H,4H2,1-3H3. The van der Waals surface area contributed by atoms with Crippen LogP contribution in [-0.4, -0.2) is 25.7 Å². The Morgan fingerprint density at radius 3 is 2.50 bits per heavy atom. The number of nitrogens with zero attached hydrogens (tertiary/aromatic N) is 1. The van der Waals surface area contributed by atoms with Gasteiger partial charge in [-0.1, -0.05) is 19.1 Å². The van der Waals surface area contributed by atoms with E-state index in [0.29, 0.717) is 0 Å². The highest BCUT2D eigenvalue weighted by atomic mass is 16.5. The zero-order valence-corrected chi connectivity index (χ0v) is 12.1. The Morgan fingerprint density at radius 2 is 1.90 bits per heavy atom. The van der Waals surface area contributed by atoms with Gasteiger partial charge in [-0.05, 0) is 36.4 Å². The smallest absolute Gasteiger partial charge is 0.161 e. The summed E-state index contributed by atoms with van der Waals surface area (Å²) in [5, 5.41) is 3.45. The average Bonchev–Trinajstić information content (AvgIpc) is 2.52. The highest BCUT2D eigenvalue weighted by molar-refractivity contribution is 5.45. The van der Waals surface area contributed by atoms with Crippen LogP contribution in [0.25, 0.3) is 0 Å². The highest BCUT2D eigenvalue weighted by Gasteiger charge is 2.16. The van der Waals surface area contributed by atoms with Crippen molar-refractivity contribution in [2.24, 2.45) is 0 Å². The van der Waals surface area contributed by atoms with E-state index in [1.54, 1.807) is 20.4 Å². The number of nitrogens with one attached hydrogen (secondary N) is 1. The molecule has 0 saturated heterocycles. The van der Waals surface area contributed by atoms with E-state index in [-0.39, 0.29) is 6.04 Å². The van der Waals surface area contributed by atoms with Gasteiger partial charge in [0.2, 0.25) is 0 Å². The average molecular weight is 272 g/mol. The monoisotopic (exact) mass is 272 g/mol. The normalized spacial score (nSPS) is 11.9. The Balaban J connectivity index is 2.39. The fraction of sp³-hybridized carbons (Fsp3) is 0.312. The van der Waals surface area contributed by atoms with E-state index in [9.17, 15) is 0 Å². The van der Waals surface area contributed by atoms with E-state index in [4.69, 9.17) is 9.47 Å². The van der Waals surface area contributed by atoms with Gasteiger partial charge >= 0.3 is 0 Å². The van der Waals surface area contributed by atoms with Crippen LogP contribution in [0.15, 0.2) is 42.6 Å². The minimum Gasteiger partial charge on any atom is -0.493 e. The lowest BCUT2D eigenvalue weighted by atomic mass is 10.0. The number of benzene rings is 1. The second-order valence-corrected chi connectivity index (χ2v) is 4.36. The Morgan fingerprint density at radius 1 is 1.10 bits per heavy atom. The molecule has 1 atom stereocenters. The molecule has 2 rings (SSSR count). The van der Waals surface area contributed by atoms with Gasteiger partial charge in [-0.3, -0.25) is 4.98 Å². The maximum atomic E-state index is 5.37. The molecule has 4 nitrogen and oxygen atoms in total. The molecule has 0 aliphatic carbocycles. The Kier molecular flexibility index (Phi) is 4.96. The molecule has 106 valence electrons. The SMILES string of the molecule is CCNC(c1ccc(OC)c(OC)c1)c1ccccn1. The zero-order chi connectivity index (χ0) is 14.4. The maximum absolute atomic E-state index is 5.37. The van der Waals surface area contributed by atoms with Crippen molar-refractivity contribution in [2.45, 2.75) is 13.0 Å². The van der Waals surface area contributed by atoms with Crippen LogP contribution >= 0.6 is 0 Å². The van der Waals surface area contributed by atoms with Gasteiger partial charge < -0.3 is 14.8 Å². The molecule has 0 fully saturated rings. The number of rotatable bonds is 6. The van der Waals surface area contributed by atoms with Crippen LogP contribution < -0.4 is 14.8 Å². The minimum absolute atomic E-state index is 0.0426. The quantitative estimate of drug-likeness (QED) is 0.878. The zero-order valence-electron chi connectivity index (χ0n) is 12.1. The molecule has 1 heterocycles. The van der Waals surface area contributed by atoms with Crippen LogP contribution in [0.1, 0.15) is 24.2 Å². The van der Waals surface area contributed by atoms with Crippen molar-refractivity contribution in [2.75, 3.05) is 20.8 Å². The van der Waals surface area contributed by atoms with Crippen molar-refractivity contribution >= 4 is 0 Å². The Hall–Kier alpha value is -2.07. The molecule has 0 bridgehead atoms. The molecule has 0 saturated carbocycles. The van der Waals surface area contributed by atoms with Crippen molar-refractivity contribution < 1.29 is 9.47 Å². The first kappa shape index (κ1) is 14.3. The molecule has 0 radical (unpaired) electrons. The van der Waals surface area contributed by atoms with E-state index in [1.165, 1.54) is 0 Å². The molecule has 1 unspecified atom stereocenters. The van der Waals surface area contributed by atoms with Gasteiger partial charge in [0.05, 0.1) is 26.0 Å². The first-order valence-electron chi connectivity index (χ1n) is 6.66. The number of ether oxygens (including phenoxy) is 2. The number of hydrogen-bond donors (Lipinski definition) is 1. The molecule has 1 aromatic heterocycles. The summed E-state index contributed by atoms with van der Waals surface area (Å²) in [5.74, 6) is 1.45. The van der Waals surface area contributed by atoms with Crippen LogP contribution in [0.4, 0.5) is 0 Å². The third-order valence-corrected chi connectivity index (χ3v) is 3.13. The number of hydrogen-bond acceptors (Lipinski definition) is 4. The van der Waals surface area contributed by atoms with Gasteiger partial charge in [0.1, 0.15) is 0 Å². The predicted molar refractivity (Wildman–Crippen MR) is 79.3 cm³/mol. The van der Waals surface area contributed by atoms with Crippen LogP contribution in [0.2, 0.25) is 0 Å². The molecule has 1 aromatic carbocycles. The number of methoxy groups -OCH3 is 2. The van der Waals surface area contributed by atoms with Crippen molar-refractivity contribution in [1.29, 1.82) is 0 Å². The van der Waals surface area contributed by atoms with Crippen molar-refractivity contribution in [3.05, 3.63) is 53.9 Å². The minimum atomic E-state index is 0.0426. The molecule has 0 amide bonds. The second-order valence-electron chi connectivity index (χ2n) is 4.36. The molecule has 4 heteroatoms. The highest BCUT2D eigenvalue weighted by Crippen LogP contribution is 2.31. The van der Waals surface area contributed by atoms with Crippen molar-refractivity contribution in [3.63, 3.8) is 0 Å². The van der Waals surface area contributed by atoms with E-state index in [0.717, 1.165) is 29.3 Å². The molecule has 0 spiro atoms. The molecular weight excluding hydrogens is 252 g/mol. The van der Waals surface area contributed by atoms with Gasteiger partial charge in [0, 0.05) is 6.20 Å². The summed E-state index contributed by atoms with van der Waals surface area (Å²) in [5.41, 5.74) is 2.09. The van der Waals surface area contributed by atoms with E-state index in [1.807, 2.05) is 36.4 Å². The molecular formula is C16H20N2O2. The van der Waals surface area contributed by atoms with E-state index >= 15 is 0 Å². The maximum Gasteiger partial charge on any atom is 0.161 e. The lowest BCUT2D eigenvalue weighted by Gasteiger charge is -2.19. The summed E-state index contributed by atoms with van der Waals surface area (Å²) in [6.45, 7) is 2.94. The van der Waals surface area contributed by atoms with Crippen LogP contribution in [0.3, 0.4) is 0 Å². The summed E-state index contributed by atoms with van der Waals surface area (Å²) in [7, 11) is 3.28. The largest absolute Gasteiger partial charge is 0.493 e. The van der Waals surface area contributed by atoms with Crippen LogP contribution in [0.5, 0.6) is 11.5 Å². The lowest BCUT2D eigenvalue weighted by molar-refractivity contribution is 0.354. The van der Waals surface area contributed by atoms with Gasteiger partial charge in [-0.25, -0.2) is 0 Å². The Bertz CT molecular complexity index is 543. The third kappa shape index (κ3) is 3.08. The molecule has 0 aliphatic heterocycles. The summed E-state index contributed by atoms with van der Waals surface area (Å²) in [4.78, 5) is 4.44. The van der Waals surface area contributed by atoms with Gasteiger partial charge in [0.25, 0.3) is 0 Å². The van der Waals surface area contributed by atoms with Crippen molar-refractivity contribution in [1.82, 2.24) is 10.3 Å². The fourth-order valence-corrected chi connectivity index (χ4v) is 2.18.